The highest BCUT2D eigenvalue weighted by molar-refractivity contribution is 7.09. The van der Waals surface area contributed by atoms with Crippen LogP contribution < -0.4 is 4.90 Å². The van der Waals surface area contributed by atoms with Crippen molar-refractivity contribution < 1.29 is 8.78 Å². The molecule has 1 aliphatic rings. The Hall–Kier alpha value is -1.49. The molecular weight excluding hydrogens is 278 g/mol. The molecule has 20 heavy (non-hydrogen) atoms. The summed E-state index contributed by atoms with van der Waals surface area (Å²) in [5.41, 5.74) is 3.87. The molecule has 5 heteroatoms. The largest absolute Gasteiger partial charge is 0.369 e. The van der Waals surface area contributed by atoms with Crippen LogP contribution in [0.2, 0.25) is 0 Å². The monoisotopic (exact) mass is 293 g/mol. The lowest BCUT2D eigenvalue weighted by atomic mass is 10.1. The average Bonchev–Trinajstić information content (AvgIpc) is 3.12. The second kappa shape index (κ2) is 5.48. The minimum Gasteiger partial charge on any atom is -0.369 e. The molecule has 0 amide bonds. The summed E-state index contributed by atoms with van der Waals surface area (Å²) in [4.78, 5) is 6.89. The van der Waals surface area contributed by atoms with Crippen LogP contribution in [-0.4, -0.2) is 18.1 Å². The normalized spacial score (nSPS) is 15.1. The van der Waals surface area contributed by atoms with Crippen molar-refractivity contribution in [2.24, 2.45) is 0 Å². The highest BCUT2D eigenvalue weighted by Gasteiger charge is 2.22. The molecule has 2 heterocycles. The number of aromatic nitrogens is 1. The Morgan fingerprint density at radius 3 is 2.70 bits per heavy atom. The third kappa shape index (κ3) is 2.20. The van der Waals surface area contributed by atoms with Crippen LogP contribution in [0.3, 0.4) is 0 Å². The van der Waals surface area contributed by atoms with E-state index < -0.39 is 11.6 Å². The lowest BCUT2D eigenvalue weighted by molar-refractivity contribution is 0.510. The highest BCUT2D eigenvalue weighted by atomic mass is 32.1. The lowest BCUT2D eigenvalue weighted by Crippen LogP contribution is -2.19. The van der Waals surface area contributed by atoms with Gasteiger partial charge in [-0.2, -0.15) is 0 Å². The number of rotatable bonds is 3. The van der Waals surface area contributed by atoms with Gasteiger partial charge in [0.05, 0.1) is 11.4 Å². The Bertz CT molecular complexity index is 618. The number of halogens is 2. The summed E-state index contributed by atoms with van der Waals surface area (Å²) in [6.07, 6.45) is 2.80. The second-order valence-electron chi connectivity index (χ2n) is 4.88. The molecule has 3 rings (SSSR count). The van der Waals surface area contributed by atoms with Crippen LogP contribution in [0, 0.1) is 17.1 Å². The molecule has 0 N–H and O–H groups in total. The molecule has 105 valence electrons. The summed E-state index contributed by atoms with van der Waals surface area (Å²) >= 11 is 1.35. The molecule has 0 spiro atoms. The zero-order chi connectivity index (χ0) is 14.1. The van der Waals surface area contributed by atoms with E-state index in [1.165, 1.54) is 11.3 Å². The summed E-state index contributed by atoms with van der Waals surface area (Å²) in [7, 11) is 0. The second-order valence-corrected chi connectivity index (χ2v) is 5.76. The van der Waals surface area contributed by atoms with Crippen molar-refractivity contribution in [1.82, 2.24) is 4.98 Å². The molecule has 0 atom stereocenters. The van der Waals surface area contributed by atoms with Gasteiger partial charge in [0.25, 0.3) is 0 Å². The maximum Gasteiger partial charge on any atom is 0.182 e. The molecule has 1 saturated heterocycles. The molecule has 2 nitrogen and oxygen atoms in total. The molecule has 0 unspecified atom stereocenters. The van der Waals surface area contributed by atoms with Crippen LogP contribution >= 0.6 is 11.3 Å². The van der Waals surface area contributed by atoms with Crippen molar-refractivity contribution >= 4 is 17.0 Å². The van der Waals surface area contributed by atoms with Gasteiger partial charge in [0.2, 0.25) is 0 Å². The van der Waals surface area contributed by atoms with Gasteiger partial charge in [-0.15, -0.1) is 11.3 Å². The molecule has 1 aromatic heterocycles. The van der Waals surface area contributed by atoms with E-state index in [2.05, 4.69) is 10.5 Å². The van der Waals surface area contributed by atoms with Gasteiger partial charge in [0.15, 0.2) is 17.1 Å². The summed E-state index contributed by atoms with van der Waals surface area (Å²) in [5, 5.41) is 0. The molecule has 0 aliphatic carbocycles. The maximum atomic E-state index is 14.3. The van der Waals surface area contributed by atoms with Crippen LogP contribution in [0.15, 0.2) is 12.1 Å². The molecule has 1 aromatic carbocycles. The Morgan fingerprint density at radius 1 is 1.25 bits per heavy atom. The van der Waals surface area contributed by atoms with E-state index in [0.717, 1.165) is 37.2 Å². The number of nitrogens with zero attached hydrogens (tertiary/aromatic N) is 2. The topological polar surface area (TPSA) is 16.1 Å². The number of hydrogen-bond acceptors (Lipinski definition) is 3. The lowest BCUT2D eigenvalue weighted by Gasteiger charge is -2.19. The van der Waals surface area contributed by atoms with Crippen molar-refractivity contribution in [2.45, 2.75) is 26.2 Å². The van der Waals surface area contributed by atoms with Crippen molar-refractivity contribution in [3.63, 3.8) is 0 Å². The number of thiazole rings is 1. The number of anilines is 1. The van der Waals surface area contributed by atoms with Gasteiger partial charge >= 0.3 is 0 Å². The standard InChI is InChI=1S/C15H15F2N2S/c1-2-12-15(18-9-20-12)10-5-6-11(14(17)13(10)16)19-7-3-4-8-19/h5-6H,2-4,7-8H2,1H3. The fourth-order valence-corrected chi connectivity index (χ4v) is 3.25. The first-order valence-electron chi connectivity index (χ1n) is 6.81. The molecular formula is C15H15F2N2S. The third-order valence-electron chi connectivity index (χ3n) is 3.68. The van der Waals surface area contributed by atoms with Gasteiger partial charge in [0.1, 0.15) is 0 Å². The van der Waals surface area contributed by atoms with Gasteiger partial charge < -0.3 is 4.90 Å². The van der Waals surface area contributed by atoms with E-state index in [0.29, 0.717) is 11.4 Å². The SMILES string of the molecule is CCc1s[c]nc1-c1ccc(N2CCCC2)c(F)c1F. The van der Waals surface area contributed by atoms with Crippen molar-refractivity contribution in [3.05, 3.63) is 34.2 Å². The van der Waals surface area contributed by atoms with Crippen LogP contribution in [0.1, 0.15) is 24.6 Å². The van der Waals surface area contributed by atoms with E-state index >= 15 is 0 Å². The number of aryl methyl sites for hydroxylation is 1. The average molecular weight is 293 g/mol. The molecule has 1 fully saturated rings. The van der Waals surface area contributed by atoms with Crippen molar-refractivity contribution in [2.75, 3.05) is 18.0 Å². The van der Waals surface area contributed by atoms with Crippen LogP contribution in [-0.2, 0) is 6.42 Å². The third-order valence-corrected chi connectivity index (χ3v) is 4.59. The fraction of sp³-hybridized carbons (Fsp3) is 0.400. The molecule has 2 aromatic rings. The van der Waals surface area contributed by atoms with Crippen LogP contribution in [0.25, 0.3) is 11.3 Å². The summed E-state index contributed by atoms with van der Waals surface area (Å²) < 4.78 is 28.6. The first kappa shape index (κ1) is 13.5. The Morgan fingerprint density at radius 2 is 2.00 bits per heavy atom. The van der Waals surface area contributed by atoms with E-state index in [4.69, 9.17) is 0 Å². The van der Waals surface area contributed by atoms with Crippen LogP contribution in [0.4, 0.5) is 14.5 Å². The fourth-order valence-electron chi connectivity index (χ4n) is 2.61. The maximum absolute atomic E-state index is 14.3. The van der Waals surface area contributed by atoms with Gasteiger partial charge in [-0.05, 0) is 31.4 Å². The Balaban J connectivity index is 2.04. The van der Waals surface area contributed by atoms with Gasteiger partial charge in [-0.25, -0.2) is 13.8 Å². The zero-order valence-electron chi connectivity index (χ0n) is 11.2. The number of benzene rings is 1. The molecule has 1 radical (unpaired) electrons. The van der Waals surface area contributed by atoms with E-state index in [9.17, 15) is 8.78 Å². The first-order valence-corrected chi connectivity index (χ1v) is 7.63. The van der Waals surface area contributed by atoms with E-state index in [-0.39, 0.29) is 5.56 Å². The van der Waals surface area contributed by atoms with Gasteiger partial charge in [0, 0.05) is 23.5 Å². The summed E-state index contributed by atoms with van der Waals surface area (Å²) in [6, 6.07) is 3.30. The van der Waals surface area contributed by atoms with Crippen LogP contribution in [0.5, 0.6) is 0 Å². The van der Waals surface area contributed by atoms with E-state index in [1.54, 1.807) is 12.1 Å². The quantitative estimate of drug-likeness (QED) is 0.848. The Labute approximate surface area is 121 Å². The predicted octanol–water partition coefficient (Wildman–Crippen LogP) is 4.05. The minimum atomic E-state index is -0.802. The predicted molar refractivity (Wildman–Crippen MR) is 77.1 cm³/mol. The molecule has 0 bridgehead atoms. The molecule has 0 saturated carbocycles. The zero-order valence-corrected chi connectivity index (χ0v) is 12.1. The van der Waals surface area contributed by atoms with E-state index in [1.807, 2.05) is 11.8 Å². The minimum absolute atomic E-state index is 0.236. The number of hydrogen-bond donors (Lipinski definition) is 0. The smallest absolute Gasteiger partial charge is 0.182 e. The Kier molecular flexibility index (Phi) is 3.70. The first-order chi connectivity index (χ1) is 9.72. The molecule has 1 aliphatic heterocycles. The summed E-state index contributed by atoms with van der Waals surface area (Å²) in [5.74, 6) is -1.57. The van der Waals surface area contributed by atoms with Gasteiger partial charge in [-0.3, -0.25) is 0 Å². The van der Waals surface area contributed by atoms with Gasteiger partial charge in [-0.1, -0.05) is 6.92 Å². The van der Waals surface area contributed by atoms with Crippen molar-refractivity contribution in [3.8, 4) is 11.3 Å². The van der Waals surface area contributed by atoms with Crippen molar-refractivity contribution in [1.29, 1.82) is 0 Å². The highest BCUT2D eigenvalue weighted by Crippen LogP contribution is 2.33. The summed E-state index contributed by atoms with van der Waals surface area (Å²) in [6.45, 7) is 3.55.